The number of fused-ring (bicyclic) bond motifs is 1. The van der Waals surface area contributed by atoms with Crippen LogP contribution in [0.25, 0.3) is 6.08 Å². The van der Waals surface area contributed by atoms with Gasteiger partial charge in [-0.2, -0.15) is 5.10 Å². The summed E-state index contributed by atoms with van der Waals surface area (Å²) in [6.07, 6.45) is 6.46. The Morgan fingerprint density at radius 3 is 2.82 bits per heavy atom. The smallest absolute Gasteiger partial charge is 0.249 e. The molecule has 7 nitrogen and oxygen atoms in total. The lowest BCUT2D eigenvalue weighted by Gasteiger charge is -2.12. The van der Waals surface area contributed by atoms with Gasteiger partial charge < -0.3 is 10.2 Å². The number of rotatable bonds is 3. The summed E-state index contributed by atoms with van der Waals surface area (Å²) in [6, 6.07) is 3.61. The maximum Gasteiger partial charge on any atom is 0.249 e. The Balaban J connectivity index is 1.67. The minimum Gasteiger partial charge on any atom is -0.333 e. The minimum absolute atomic E-state index is 0.000501. The Kier molecular flexibility index (Phi) is 3.69. The molecule has 3 rings (SSSR count). The van der Waals surface area contributed by atoms with Crippen molar-refractivity contribution >= 4 is 23.7 Å². The summed E-state index contributed by atoms with van der Waals surface area (Å²) >= 11 is 0. The number of carbonyl (C=O) groups is 2. The fourth-order valence-corrected chi connectivity index (χ4v) is 2.27. The molecular formula is C15H15N5O2. The van der Waals surface area contributed by atoms with E-state index in [-0.39, 0.29) is 11.8 Å². The summed E-state index contributed by atoms with van der Waals surface area (Å²) in [7, 11) is 0. The van der Waals surface area contributed by atoms with Crippen LogP contribution in [0.5, 0.6) is 0 Å². The maximum atomic E-state index is 12.0. The van der Waals surface area contributed by atoms with Gasteiger partial charge in [-0.15, -0.1) is 0 Å². The van der Waals surface area contributed by atoms with Crippen LogP contribution in [-0.4, -0.2) is 31.9 Å². The van der Waals surface area contributed by atoms with E-state index >= 15 is 0 Å². The molecule has 0 bridgehead atoms. The number of H-pyrrole nitrogens is 1. The number of amides is 2. The van der Waals surface area contributed by atoms with Gasteiger partial charge in [-0.3, -0.25) is 19.7 Å². The second kappa shape index (κ2) is 5.80. The number of pyridine rings is 1. The summed E-state index contributed by atoms with van der Waals surface area (Å²) in [6.45, 7) is 2.49. The lowest BCUT2D eigenvalue weighted by Crippen LogP contribution is -2.22. The number of nitrogens with one attached hydrogen (secondary N) is 2. The van der Waals surface area contributed by atoms with Gasteiger partial charge in [0.1, 0.15) is 0 Å². The van der Waals surface area contributed by atoms with Crippen LogP contribution < -0.4 is 5.32 Å². The van der Waals surface area contributed by atoms with Crippen molar-refractivity contribution < 1.29 is 9.59 Å². The van der Waals surface area contributed by atoms with E-state index in [0.717, 1.165) is 16.8 Å². The van der Waals surface area contributed by atoms with Crippen LogP contribution in [0.3, 0.4) is 0 Å². The Morgan fingerprint density at radius 1 is 1.32 bits per heavy atom. The highest BCUT2D eigenvalue weighted by molar-refractivity contribution is 6.01. The standard InChI is InChI=1S/C15H15N5O2/c1-10(21)20-8-12-13(9-20)18-19-15(12)17-14(22)3-2-11-4-6-16-7-5-11/h2-7H,8-9H2,1H3,(H2,17,18,19,22)/b3-2-. The molecule has 1 aliphatic rings. The number of aromatic amines is 1. The average molecular weight is 297 g/mol. The number of carbonyl (C=O) groups excluding carboxylic acids is 2. The van der Waals surface area contributed by atoms with E-state index < -0.39 is 0 Å². The SMILES string of the molecule is CC(=O)N1Cc2[nH]nc(NC(=O)/C=C\c3ccncc3)c2C1. The molecule has 112 valence electrons. The number of anilines is 1. The van der Waals surface area contributed by atoms with Gasteiger partial charge in [0, 0.05) is 31.0 Å². The summed E-state index contributed by atoms with van der Waals surface area (Å²) in [5.41, 5.74) is 2.62. The molecule has 0 fully saturated rings. The van der Waals surface area contributed by atoms with Gasteiger partial charge in [0.05, 0.1) is 18.8 Å². The van der Waals surface area contributed by atoms with E-state index in [9.17, 15) is 9.59 Å². The van der Waals surface area contributed by atoms with Crippen molar-refractivity contribution in [2.24, 2.45) is 0 Å². The highest BCUT2D eigenvalue weighted by Crippen LogP contribution is 2.26. The summed E-state index contributed by atoms with van der Waals surface area (Å²) in [4.78, 5) is 28.9. The van der Waals surface area contributed by atoms with Crippen LogP contribution in [0.4, 0.5) is 5.82 Å². The molecular weight excluding hydrogens is 282 g/mol. The molecule has 0 aliphatic carbocycles. The maximum absolute atomic E-state index is 12.0. The molecule has 7 heteroatoms. The Hall–Kier alpha value is -2.96. The van der Waals surface area contributed by atoms with Crippen LogP contribution in [0.2, 0.25) is 0 Å². The van der Waals surface area contributed by atoms with Crippen LogP contribution in [0, 0.1) is 0 Å². The van der Waals surface area contributed by atoms with Crippen molar-refractivity contribution in [3.8, 4) is 0 Å². The molecule has 0 saturated heterocycles. The number of nitrogens with zero attached hydrogens (tertiary/aromatic N) is 3. The summed E-state index contributed by atoms with van der Waals surface area (Å²) < 4.78 is 0. The monoisotopic (exact) mass is 297 g/mol. The first-order valence-electron chi connectivity index (χ1n) is 6.84. The van der Waals surface area contributed by atoms with E-state index in [1.54, 1.807) is 35.5 Å². The van der Waals surface area contributed by atoms with Crippen LogP contribution in [-0.2, 0) is 22.7 Å². The molecule has 1 aliphatic heterocycles. The number of hydrogen-bond acceptors (Lipinski definition) is 4. The van der Waals surface area contributed by atoms with Gasteiger partial charge in [0.25, 0.3) is 0 Å². The topological polar surface area (TPSA) is 91.0 Å². The molecule has 2 N–H and O–H groups in total. The zero-order valence-electron chi connectivity index (χ0n) is 12.0. The van der Waals surface area contributed by atoms with E-state index in [1.165, 1.54) is 13.0 Å². The summed E-state index contributed by atoms with van der Waals surface area (Å²) in [5.74, 6) is 0.204. The third kappa shape index (κ3) is 2.88. The molecule has 0 spiro atoms. The number of hydrogen-bond donors (Lipinski definition) is 2. The molecule has 2 aromatic rings. The van der Waals surface area contributed by atoms with Gasteiger partial charge in [-0.05, 0) is 23.8 Å². The highest BCUT2D eigenvalue weighted by Gasteiger charge is 2.26. The Bertz CT molecular complexity index is 736. The second-order valence-electron chi connectivity index (χ2n) is 5.01. The van der Waals surface area contributed by atoms with E-state index in [4.69, 9.17) is 0 Å². The minimum atomic E-state index is -0.271. The first-order valence-corrected chi connectivity index (χ1v) is 6.84. The molecule has 22 heavy (non-hydrogen) atoms. The van der Waals surface area contributed by atoms with Crippen LogP contribution in [0.1, 0.15) is 23.7 Å². The number of aromatic nitrogens is 3. The molecule has 0 radical (unpaired) electrons. The fraction of sp³-hybridized carbons (Fsp3) is 0.200. The predicted octanol–water partition coefficient (Wildman–Crippen LogP) is 1.32. The molecule has 0 aromatic carbocycles. The lowest BCUT2D eigenvalue weighted by atomic mass is 10.2. The van der Waals surface area contributed by atoms with Crippen molar-refractivity contribution in [3.05, 3.63) is 47.4 Å². The molecule has 0 unspecified atom stereocenters. The Labute approximate surface area is 127 Å². The first-order chi connectivity index (χ1) is 10.6. The van der Waals surface area contributed by atoms with Crippen molar-refractivity contribution in [3.63, 3.8) is 0 Å². The van der Waals surface area contributed by atoms with Crippen molar-refractivity contribution in [1.82, 2.24) is 20.1 Å². The molecule has 0 atom stereocenters. The second-order valence-corrected chi connectivity index (χ2v) is 5.01. The lowest BCUT2D eigenvalue weighted by molar-refractivity contribution is -0.129. The van der Waals surface area contributed by atoms with Crippen LogP contribution in [0.15, 0.2) is 30.6 Å². The van der Waals surface area contributed by atoms with Crippen molar-refractivity contribution in [2.75, 3.05) is 5.32 Å². The van der Waals surface area contributed by atoms with Crippen LogP contribution >= 0.6 is 0 Å². The van der Waals surface area contributed by atoms with Crippen molar-refractivity contribution in [1.29, 1.82) is 0 Å². The van der Waals surface area contributed by atoms with Gasteiger partial charge >= 0.3 is 0 Å². The van der Waals surface area contributed by atoms with E-state index in [1.807, 2.05) is 0 Å². The zero-order valence-corrected chi connectivity index (χ0v) is 12.0. The first kappa shape index (κ1) is 14.0. The normalized spacial score (nSPS) is 13.4. The fourth-order valence-electron chi connectivity index (χ4n) is 2.27. The molecule has 0 saturated carbocycles. The highest BCUT2D eigenvalue weighted by atomic mass is 16.2. The zero-order chi connectivity index (χ0) is 15.5. The van der Waals surface area contributed by atoms with Gasteiger partial charge in [0.15, 0.2) is 5.82 Å². The van der Waals surface area contributed by atoms with Gasteiger partial charge in [0.2, 0.25) is 11.8 Å². The van der Waals surface area contributed by atoms with E-state index in [0.29, 0.717) is 18.9 Å². The third-order valence-corrected chi connectivity index (χ3v) is 3.47. The predicted molar refractivity (Wildman–Crippen MR) is 80.4 cm³/mol. The third-order valence-electron chi connectivity index (χ3n) is 3.47. The van der Waals surface area contributed by atoms with Crippen molar-refractivity contribution in [2.45, 2.75) is 20.0 Å². The Morgan fingerprint density at radius 2 is 2.09 bits per heavy atom. The van der Waals surface area contributed by atoms with E-state index in [2.05, 4.69) is 20.5 Å². The molecule has 2 aromatic heterocycles. The largest absolute Gasteiger partial charge is 0.333 e. The van der Waals surface area contributed by atoms with Gasteiger partial charge in [-0.25, -0.2) is 0 Å². The molecule has 3 heterocycles. The molecule has 2 amide bonds. The quantitative estimate of drug-likeness (QED) is 0.836. The average Bonchev–Trinajstić information content (AvgIpc) is 3.08. The summed E-state index contributed by atoms with van der Waals surface area (Å²) in [5, 5.41) is 9.68. The van der Waals surface area contributed by atoms with Gasteiger partial charge in [-0.1, -0.05) is 0 Å².